The summed E-state index contributed by atoms with van der Waals surface area (Å²) in [7, 11) is 1.67. The van der Waals surface area contributed by atoms with Crippen molar-refractivity contribution in [1.82, 2.24) is 0 Å². The molecule has 0 spiro atoms. The van der Waals surface area contributed by atoms with E-state index in [2.05, 4.69) is 11.6 Å². The maximum atomic E-state index is 9.89. The molecular weight excluding hydrogens is 138 g/mol. The van der Waals surface area contributed by atoms with Crippen LogP contribution in [0.3, 0.4) is 0 Å². The van der Waals surface area contributed by atoms with Gasteiger partial charge in [0.1, 0.15) is 5.60 Å². The van der Waals surface area contributed by atoms with Gasteiger partial charge in [-0.2, -0.15) is 0 Å². The molecule has 0 fully saturated rings. The van der Waals surface area contributed by atoms with Crippen LogP contribution in [0.15, 0.2) is 17.6 Å². The van der Waals surface area contributed by atoms with Gasteiger partial charge >= 0.3 is 0 Å². The molecule has 1 N–H and O–H groups in total. The lowest BCUT2D eigenvalue weighted by Gasteiger charge is -2.24. The maximum absolute atomic E-state index is 9.89. The third-order valence-corrected chi connectivity index (χ3v) is 2.08. The van der Waals surface area contributed by atoms with Crippen LogP contribution >= 0.6 is 0 Å². The molecule has 0 aliphatic rings. The second-order valence-corrected chi connectivity index (χ2v) is 2.55. The van der Waals surface area contributed by atoms with Crippen molar-refractivity contribution in [3.63, 3.8) is 0 Å². The van der Waals surface area contributed by atoms with Crippen molar-refractivity contribution in [2.75, 3.05) is 7.05 Å². The average Bonchev–Trinajstić information content (AvgIpc) is 2.06. The minimum Gasteiger partial charge on any atom is -0.384 e. The Labute approximate surface area is 68.7 Å². The third-order valence-electron chi connectivity index (χ3n) is 2.08. The van der Waals surface area contributed by atoms with Gasteiger partial charge in [0, 0.05) is 7.05 Å². The van der Waals surface area contributed by atoms with Crippen molar-refractivity contribution in [1.29, 1.82) is 0 Å². The minimum absolute atomic E-state index is 0.683. The van der Waals surface area contributed by atoms with Crippen LogP contribution in [0.25, 0.3) is 0 Å². The van der Waals surface area contributed by atoms with Gasteiger partial charge in [-0.15, -0.1) is 0 Å². The molecule has 0 amide bonds. The van der Waals surface area contributed by atoms with Crippen LogP contribution in [0, 0.1) is 0 Å². The van der Waals surface area contributed by atoms with Crippen molar-refractivity contribution in [2.45, 2.75) is 32.3 Å². The van der Waals surface area contributed by atoms with Gasteiger partial charge in [0.25, 0.3) is 0 Å². The van der Waals surface area contributed by atoms with Crippen molar-refractivity contribution < 1.29 is 5.11 Å². The Bertz CT molecular complexity index is 157. The number of aliphatic imine (C=N–C) groups is 1. The highest BCUT2D eigenvalue weighted by Gasteiger charge is 2.26. The fourth-order valence-corrected chi connectivity index (χ4v) is 1.10. The number of hydrogen-bond acceptors (Lipinski definition) is 2. The first-order chi connectivity index (χ1) is 5.14. The predicted molar refractivity (Wildman–Crippen MR) is 49.1 cm³/mol. The van der Waals surface area contributed by atoms with Gasteiger partial charge in [-0.3, -0.25) is 4.99 Å². The van der Waals surface area contributed by atoms with Crippen LogP contribution < -0.4 is 0 Å². The second-order valence-electron chi connectivity index (χ2n) is 2.55. The SMILES string of the molecule is C=CC(=NC)C(O)(CC)CC. The molecule has 64 valence electrons. The van der Waals surface area contributed by atoms with E-state index in [0.717, 1.165) is 0 Å². The molecule has 0 saturated carbocycles. The molecule has 0 aliphatic heterocycles. The Kier molecular flexibility index (Phi) is 4.04. The van der Waals surface area contributed by atoms with Gasteiger partial charge in [-0.1, -0.05) is 20.4 Å². The fraction of sp³-hybridized carbons (Fsp3) is 0.667. The zero-order valence-electron chi connectivity index (χ0n) is 7.59. The smallest absolute Gasteiger partial charge is 0.105 e. The zero-order valence-corrected chi connectivity index (χ0v) is 7.59. The normalized spacial score (nSPS) is 13.3. The fourth-order valence-electron chi connectivity index (χ4n) is 1.10. The van der Waals surface area contributed by atoms with E-state index in [1.807, 2.05) is 13.8 Å². The van der Waals surface area contributed by atoms with Gasteiger partial charge in [0.2, 0.25) is 0 Å². The highest BCUT2D eigenvalue weighted by Crippen LogP contribution is 2.17. The quantitative estimate of drug-likeness (QED) is 0.617. The highest BCUT2D eigenvalue weighted by molar-refractivity contribution is 6.01. The Morgan fingerprint density at radius 2 is 2.00 bits per heavy atom. The molecule has 0 aromatic carbocycles. The molecule has 0 aromatic rings. The van der Waals surface area contributed by atoms with Crippen LogP contribution in [-0.4, -0.2) is 23.5 Å². The minimum atomic E-state index is -0.767. The van der Waals surface area contributed by atoms with E-state index < -0.39 is 5.60 Å². The maximum Gasteiger partial charge on any atom is 0.105 e. The summed E-state index contributed by atoms with van der Waals surface area (Å²) in [6.45, 7) is 7.49. The average molecular weight is 155 g/mol. The predicted octanol–water partition coefficient (Wildman–Crippen LogP) is 1.79. The number of rotatable bonds is 4. The Morgan fingerprint density at radius 3 is 2.09 bits per heavy atom. The molecule has 0 aromatic heterocycles. The molecule has 0 saturated heterocycles. The number of aliphatic hydroxyl groups is 1. The molecule has 2 nitrogen and oxygen atoms in total. The van der Waals surface area contributed by atoms with E-state index >= 15 is 0 Å². The lowest BCUT2D eigenvalue weighted by atomic mass is 9.91. The van der Waals surface area contributed by atoms with Crippen LogP contribution in [0.5, 0.6) is 0 Å². The molecular formula is C9H17NO. The standard InChI is InChI=1S/C9H17NO/c1-5-8(10-4)9(11,6-2)7-3/h5,11H,1,6-7H2,2-4H3. The lowest BCUT2D eigenvalue weighted by molar-refractivity contribution is 0.104. The summed E-state index contributed by atoms with van der Waals surface area (Å²) in [6, 6.07) is 0. The monoisotopic (exact) mass is 155 g/mol. The first kappa shape index (κ1) is 10.4. The van der Waals surface area contributed by atoms with Crippen molar-refractivity contribution >= 4 is 5.71 Å². The van der Waals surface area contributed by atoms with E-state index in [-0.39, 0.29) is 0 Å². The Morgan fingerprint density at radius 1 is 1.55 bits per heavy atom. The molecule has 0 atom stereocenters. The van der Waals surface area contributed by atoms with E-state index in [0.29, 0.717) is 18.6 Å². The van der Waals surface area contributed by atoms with E-state index in [9.17, 15) is 5.11 Å². The van der Waals surface area contributed by atoms with Gasteiger partial charge < -0.3 is 5.11 Å². The van der Waals surface area contributed by atoms with Crippen molar-refractivity contribution in [3.05, 3.63) is 12.7 Å². The van der Waals surface area contributed by atoms with Crippen LogP contribution in [0.1, 0.15) is 26.7 Å². The van der Waals surface area contributed by atoms with E-state index in [1.165, 1.54) is 0 Å². The molecule has 0 bridgehead atoms. The zero-order chi connectivity index (χ0) is 8.91. The molecule has 0 unspecified atom stereocenters. The largest absolute Gasteiger partial charge is 0.384 e. The van der Waals surface area contributed by atoms with Gasteiger partial charge in [-0.05, 0) is 18.9 Å². The molecule has 2 heteroatoms. The Balaban J connectivity index is 4.59. The van der Waals surface area contributed by atoms with Gasteiger partial charge in [0.15, 0.2) is 0 Å². The molecule has 11 heavy (non-hydrogen) atoms. The van der Waals surface area contributed by atoms with E-state index in [1.54, 1.807) is 13.1 Å². The molecule has 0 heterocycles. The summed E-state index contributed by atoms with van der Waals surface area (Å²) in [4.78, 5) is 3.97. The first-order valence-electron chi connectivity index (χ1n) is 3.96. The summed E-state index contributed by atoms with van der Waals surface area (Å²) in [5.74, 6) is 0. The molecule has 0 aliphatic carbocycles. The molecule has 0 radical (unpaired) electrons. The number of nitrogens with zero attached hydrogens (tertiary/aromatic N) is 1. The van der Waals surface area contributed by atoms with Crippen molar-refractivity contribution in [2.24, 2.45) is 4.99 Å². The van der Waals surface area contributed by atoms with Crippen LogP contribution in [0.2, 0.25) is 0 Å². The summed E-state index contributed by atoms with van der Waals surface area (Å²) in [6.07, 6.45) is 2.98. The second kappa shape index (κ2) is 4.29. The summed E-state index contributed by atoms with van der Waals surface area (Å²) in [5, 5.41) is 9.89. The summed E-state index contributed by atoms with van der Waals surface area (Å²) < 4.78 is 0. The van der Waals surface area contributed by atoms with Crippen LogP contribution in [-0.2, 0) is 0 Å². The highest BCUT2D eigenvalue weighted by atomic mass is 16.3. The van der Waals surface area contributed by atoms with E-state index in [4.69, 9.17) is 0 Å². The summed E-state index contributed by atoms with van der Waals surface area (Å²) >= 11 is 0. The van der Waals surface area contributed by atoms with Crippen LogP contribution in [0.4, 0.5) is 0 Å². The Hall–Kier alpha value is -0.630. The summed E-state index contributed by atoms with van der Waals surface area (Å²) in [5.41, 5.74) is -0.0845. The third kappa shape index (κ3) is 2.15. The van der Waals surface area contributed by atoms with Gasteiger partial charge in [0.05, 0.1) is 5.71 Å². The lowest BCUT2D eigenvalue weighted by Crippen LogP contribution is -2.35. The van der Waals surface area contributed by atoms with Gasteiger partial charge in [-0.25, -0.2) is 0 Å². The van der Waals surface area contributed by atoms with Crippen molar-refractivity contribution in [3.8, 4) is 0 Å². The molecule has 0 rings (SSSR count). The topological polar surface area (TPSA) is 32.6 Å². The number of hydrogen-bond donors (Lipinski definition) is 1. The first-order valence-corrected chi connectivity index (χ1v) is 3.96.